The van der Waals surface area contributed by atoms with Gasteiger partial charge in [0.2, 0.25) is 0 Å². The Balaban J connectivity index is 2.01. The van der Waals surface area contributed by atoms with E-state index in [1.54, 1.807) is 0 Å². The molecule has 2 atom stereocenters. The van der Waals surface area contributed by atoms with E-state index in [0.717, 1.165) is 10.0 Å². The predicted octanol–water partition coefficient (Wildman–Crippen LogP) is 2.90. The van der Waals surface area contributed by atoms with E-state index in [0.29, 0.717) is 13.0 Å². The topological polar surface area (TPSA) is 55.8 Å². The van der Waals surface area contributed by atoms with Crippen molar-refractivity contribution in [2.24, 2.45) is 0 Å². The Morgan fingerprint density at radius 2 is 2.17 bits per heavy atom. The molecule has 0 aliphatic carbocycles. The molecule has 0 aromatic heterocycles. The molecule has 5 heteroatoms. The molecule has 1 aliphatic heterocycles. The quantitative estimate of drug-likeness (QED) is 0.928. The number of hydrogen-bond donors (Lipinski definition) is 1. The Bertz CT molecular complexity index is 431. The lowest BCUT2D eigenvalue weighted by Crippen LogP contribution is -2.24. The monoisotopic (exact) mass is 314 g/mol. The minimum absolute atomic E-state index is 0.102. The van der Waals surface area contributed by atoms with E-state index >= 15 is 0 Å². The zero-order valence-electron chi connectivity index (χ0n) is 10.1. The van der Waals surface area contributed by atoms with E-state index in [9.17, 15) is 4.79 Å². The summed E-state index contributed by atoms with van der Waals surface area (Å²) < 4.78 is 12.5. The molecule has 1 saturated heterocycles. The van der Waals surface area contributed by atoms with Crippen LogP contribution in [-0.4, -0.2) is 23.8 Å². The van der Waals surface area contributed by atoms with E-state index in [1.165, 1.54) is 0 Å². The Hall–Kier alpha value is -0.910. The fraction of sp³-hybridized carbons (Fsp3) is 0.462. The van der Waals surface area contributed by atoms with Crippen LogP contribution in [-0.2, 0) is 20.1 Å². The summed E-state index contributed by atoms with van der Waals surface area (Å²) in [5.74, 6) is -1.58. The van der Waals surface area contributed by atoms with Gasteiger partial charge in [-0.25, -0.2) is 0 Å². The molecule has 1 N–H and O–H groups in total. The molecule has 98 valence electrons. The standard InChI is InChI=1S/C13H15BrO4/c1-13(9-2-4-10(14)5-3-9)17-8-11(18-13)6-7-12(15)16/h2-5,11H,6-8H2,1H3,(H,15,16). The third-order valence-corrected chi connectivity index (χ3v) is 3.51. The summed E-state index contributed by atoms with van der Waals surface area (Å²) in [5, 5.41) is 8.65. The number of hydrogen-bond acceptors (Lipinski definition) is 3. The number of carbonyl (C=O) groups is 1. The molecule has 1 aromatic rings. The molecular weight excluding hydrogens is 300 g/mol. The summed E-state index contributed by atoms with van der Waals surface area (Å²) in [5.41, 5.74) is 0.934. The first kappa shape index (κ1) is 13.5. The molecule has 1 heterocycles. The van der Waals surface area contributed by atoms with Gasteiger partial charge in [-0.05, 0) is 25.5 Å². The van der Waals surface area contributed by atoms with Gasteiger partial charge in [-0.3, -0.25) is 4.79 Å². The van der Waals surface area contributed by atoms with Crippen LogP contribution in [0.2, 0.25) is 0 Å². The molecule has 2 rings (SSSR count). The summed E-state index contributed by atoms with van der Waals surface area (Å²) in [4.78, 5) is 10.5. The van der Waals surface area contributed by atoms with E-state index in [2.05, 4.69) is 15.9 Å². The van der Waals surface area contributed by atoms with Crippen LogP contribution in [0.15, 0.2) is 28.7 Å². The third kappa shape index (κ3) is 3.10. The van der Waals surface area contributed by atoms with Crippen LogP contribution in [0, 0.1) is 0 Å². The minimum Gasteiger partial charge on any atom is -0.481 e. The van der Waals surface area contributed by atoms with Gasteiger partial charge in [-0.2, -0.15) is 0 Å². The number of aliphatic carboxylic acids is 1. The van der Waals surface area contributed by atoms with Gasteiger partial charge in [0, 0.05) is 16.5 Å². The molecule has 2 unspecified atom stereocenters. The van der Waals surface area contributed by atoms with Crippen molar-refractivity contribution >= 4 is 21.9 Å². The summed E-state index contributed by atoms with van der Waals surface area (Å²) in [7, 11) is 0. The maximum absolute atomic E-state index is 10.5. The molecule has 1 fully saturated rings. The molecule has 1 aliphatic rings. The first-order chi connectivity index (χ1) is 8.49. The number of ether oxygens (including phenoxy) is 2. The lowest BCUT2D eigenvalue weighted by molar-refractivity contribution is -0.163. The van der Waals surface area contributed by atoms with Gasteiger partial charge in [0.05, 0.1) is 12.7 Å². The normalized spacial score (nSPS) is 27.3. The number of halogens is 1. The Labute approximate surface area is 114 Å². The molecule has 0 spiro atoms. The van der Waals surface area contributed by atoms with E-state index in [-0.39, 0.29) is 12.5 Å². The van der Waals surface area contributed by atoms with Crippen molar-refractivity contribution in [1.82, 2.24) is 0 Å². The molecule has 18 heavy (non-hydrogen) atoms. The van der Waals surface area contributed by atoms with Gasteiger partial charge in [0.1, 0.15) is 0 Å². The fourth-order valence-electron chi connectivity index (χ4n) is 1.97. The van der Waals surface area contributed by atoms with Crippen LogP contribution in [0.3, 0.4) is 0 Å². The number of benzene rings is 1. The number of rotatable bonds is 4. The average molecular weight is 315 g/mol. The molecule has 0 bridgehead atoms. The van der Waals surface area contributed by atoms with Crippen molar-refractivity contribution in [3.63, 3.8) is 0 Å². The lowest BCUT2D eigenvalue weighted by Gasteiger charge is -2.23. The maximum atomic E-state index is 10.5. The summed E-state index contributed by atoms with van der Waals surface area (Å²) in [6, 6.07) is 7.73. The summed E-state index contributed by atoms with van der Waals surface area (Å²) in [6.45, 7) is 2.29. The molecule has 0 radical (unpaired) electrons. The highest BCUT2D eigenvalue weighted by molar-refractivity contribution is 9.10. The van der Waals surface area contributed by atoms with Gasteiger partial charge >= 0.3 is 5.97 Å². The van der Waals surface area contributed by atoms with Crippen LogP contribution in [0.4, 0.5) is 0 Å². The highest BCUT2D eigenvalue weighted by atomic mass is 79.9. The van der Waals surface area contributed by atoms with Crippen molar-refractivity contribution < 1.29 is 19.4 Å². The van der Waals surface area contributed by atoms with Crippen molar-refractivity contribution in [3.8, 4) is 0 Å². The minimum atomic E-state index is -0.809. The third-order valence-electron chi connectivity index (χ3n) is 2.98. The predicted molar refractivity (Wildman–Crippen MR) is 69.2 cm³/mol. The Morgan fingerprint density at radius 1 is 1.50 bits per heavy atom. The largest absolute Gasteiger partial charge is 0.481 e. The van der Waals surface area contributed by atoms with Crippen LogP contribution in [0.5, 0.6) is 0 Å². The highest BCUT2D eigenvalue weighted by Gasteiger charge is 2.38. The number of carboxylic acids is 1. The van der Waals surface area contributed by atoms with Crippen LogP contribution < -0.4 is 0 Å². The van der Waals surface area contributed by atoms with Crippen LogP contribution in [0.1, 0.15) is 25.3 Å². The Morgan fingerprint density at radius 3 is 2.78 bits per heavy atom. The SMILES string of the molecule is CC1(c2ccc(Br)cc2)OCC(CCC(=O)O)O1. The van der Waals surface area contributed by atoms with Gasteiger partial charge in [-0.1, -0.05) is 28.1 Å². The Kier molecular flexibility index (Phi) is 4.04. The molecule has 1 aromatic carbocycles. The van der Waals surface area contributed by atoms with Crippen molar-refractivity contribution in [2.45, 2.75) is 31.7 Å². The average Bonchev–Trinajstić information content (AvgIpc) is 2.71. The first-order valence-corrected chi connectivity index (χ1v) is 6.58. The van der Waals surface area contributed by atoms with Gasteiger partial charge < -0.3 is 14.6 Å². The van der Waals surface area contributed by atoms with Crippen LogP contribution in [0.25, 0.3) is 0 Å². The zero-order chi connectivity index (χ0) is 13.2. The van der Waals surface area contributed by atoms with Crippen molar-refractivity contribution in [2.75, 3.05) is 6.61 Å². The lowest BCUT2D eigenvalue weighted by atomic mass is 10.1. The van der Waals surface area contributed by atoms with Crippen molar-refractivity contribution in [3.05, 3.63) is 34.3 Å². The van der Waals surface area contributed by atoms with Gasteiger partial charge in [0.25, 0.3) is 0 Å². The molecule has 0 amide bonds. The first-order valence-electron chi connectivity index (χ1n) is 5.79. The highest BCUT2D eigenvalue weighted by Crippen LogP contribution is 2.35. The molecule has 0 saturated carbocycles. The van der Waals surface area contributed by atoms with E-state index < -0.39 is 11.8 Å². The fourth-order valence-corrected chi connectivity index (χ4v) is 2.23. The second-order valence-electron chi connectivity index (χ2n) is 4.44. The number of carboxylic acid groups (broad SMARTS) is 1. The van der Waals surface area contributed by atoms with E-state index in [4.69, 9.17) is 14.6 Å². The van der Waals surface area contributed by atoms with Gasteiger partial charge in [-0.15, -0.1) is 0 Å². The molecular formula is C13H15BrO4. The van der Waals surface area contributed by atoms with Crippen LogP contribution >= 0.6 is 15.9 Å². The maximum Gasteiger partial charge on any atom is 0.303 e. The van der Waals surface area contributed by atoms with Gasteiger partial charge in [0.15, 0.2) is 5.79 Å². The second-order valence-corrected chi connectivity index (χ2v) is 5.35. The van der Waals surface area contributed by atoms with Crippen molar-refractivity contribution in [1.29, 1.82) is 0 Å². The summed E-state index contributed by atoms with van der Waals surface area (Å²) >= 11 is 3.38. The smallest absolute Gasteiger partial charge is 0.303 e. The zero-order valence-corrected chi connectivity index (χ0v) is 11.6. The summed E-state index contributed by atoms with van der Waals surface area (Å²) in [6.07, 6.45) is 0.418. The van der Waals surface area contributed by atoms with E-state index in [1.807, 2.05) is 31.2 Å². The second kappa shape index (κ2) is 5.38. The molecule has 4 nitrogen and oxygen atoms in total.